The van der Waals surface area contributed by atoms with Gasteiger partial charge in [-0.05, 0) is 71.1 Å². The average Bonchev–Trinajstić information content (AvgIpc) is 3.59. The molecular formula is C30H50N4O7. The van der Waals surface area contributed by atoms with Gasteiger partial charge in [0.2, 0.25) is 17.6 Å². The number of ketones is 1. The summed E-state index contributed by atoms with van der Waals surface area (Å²) in [6, 6.07) is -2.78. The Morgan fingerprint density at radius 2 is 1.71 bits per heavy atom. The Kier molecular flexibility index (Phi) is 12.0. The number of carbonyl (C=O) groups excluding carboxylic acids is 5. The van der Waals surface area contributed by atoms with E-state index in [4.69, 9.17) is 9.47 Å². The van der Waals surface area contributed by atoms with Crippen LogP contribution in [0.3, 0.4) is 0 Å². The summed E-state index contributed by atoms with van der Waals surface area (Å²) in [5, 5.41) is 8.24. The van der Waals surface area contributed by atoms with Crippen LogP contribution in [-0.2, 0) is 28.7 Å². The van der Waals surface area contributed by atoms with E-state index in [-0.39, 0.29) is 18.6 Å². The van der Waals surface area contributed by atoms with Crippen LogP contribution in [0.4, 0.5) is 4.79 Å². The van der Waals surface area contributed by atoms with Gasteiger partial charge < -0.3 is 30.3 Å². The highest BCUT2D eigenvalue weighted by Crippen LogP contribution is 2.30. The molecule has 41 heavy (non-hydrogen) atoms. The molecule has 4 atom stereocenters. The zero-order chi connectivity index (χ0) is 30.2. The second-order valence-electron chi connectivity index (χ2n) is 13.2. The monoisotopic (exact) mass is 578 g/mol. The van der Waals surface area contributed by atoms with Crippen LogP contribution >= 0.6 is 0 Å². The lowest BCUT2D eigenvalue weighted by molar-refractivity contribution is -0.143. The van der Waals surface area contributed by atoms with E-state index in [9.17, 15) is 24.0 Å². The lowest BCUT2D eigenvalue weighted by atomic mass is 9.94. The predicted molar refractivity (Wildman–Crippen MR) is 153 cm³/mol. The molecule has 11 nitrogen and oxygen atoms in total. The van der Waals surface area contributed by atoms with E-state index >= 15 is 0 Å². The first-order chi connectivity index (χ1) is 19.3. The number of ether oxygens (including phenoxy) is 2. The molecule has 0 aromatic carbocycles. The Labute approximate surface area is 244 Å². The molecule has 3 rings (SSSR count). The van der Waals surface area contributed by atoms with Gasteiger partial charge in [-0.2, -0.15) is 0 Å². The number of hydrogen-bond donors (Lipinski definition) is 3. The van der Waals surface area contributed by atoms with E-state index in [1.807, 2.05) is 0 Å². The van der Waals surface area contributed by atoms with Crippen molar-refractivity contribution >= 4 is 29.6 Å². The molecule has 2 heterocycles. The van der Waals surface area contributed by atoms with Gasteiger partial charge in [0, 0.05) is 19.2 Å². The third kappa shape index (κ3) is 10.9. The van der Waals surface area contributed by atoms with E-state index < -0.39 is 53.3 Å². The van der Waals surface area contributed by atoms with Crippen LogP contribution in [0.25, 0.3) is 0 Å². The molecule has 3 N–H and O–H groups in total. The van der Waals surface area contributed by atoms with Crippen molar-refractivity contribution in [2.45, 2.75) is 129 Å². The first-order valence-corrected chi connectivity index (χ1v) is 15.4. The van der Waals surface area contributed by atoms with Crippen molar-refractivity contribution in [1.29, 1.82) is 0 Å². The number of rotatable bonds is 6. The summed E-state index contributed by atoms with van der Waals surface area (Å²) in [6.45, 7) is 10.1. The Morgan fingerprint density at radius 1 is 1.02 bits per heavy atom. The highest BCUT2D eigenvalue weighted by molar-refractivity contribution is 6.38. The number of nitrogens with one attached hydrogen (secondary N) is 3. The summed E-state index contributed by atoms with van der Waals surface area (Å²) < 4.78 is 11.2. The van der Waals surface area contributed by atoms with Crippen LogP contribution in [0.1, 0.15) is 98.8 Å². The molecule has 0 bridgehead atoms. The zero-order valence-corrected chi connectivity index (χ0v) is 25.5. The minimum atomic E-state index is -1.03. The summed E-state index contributed by atoms with van der Waals surface area (Å²) in [6.07, 6.45) is 6.75. The van der Waals surface area contributed by atoms with Gasteiger partial charge in [0.25, 0.3) is 5.91 Å². The molecule has 1 saturated carbocycles. The largest absolute Gasteiger partial charge is 0.444 e. The quantitative estimate of drug-likeness (QED) is 0.411. The lowest BCUT2D eigenvalue weighted by Crippen LogP contribution is -2.57. The maximum atomic E-state index is 13.9. The number of nitrogens with zero attached hydrogens (tertiary/aromatic N) is 1. The van der Waals surface area contributed by atoms with E-state index in [1.54, 1.807) is 20.8 Å². The zero-order valence-electron chi connectivity index (χ0n) is 25.5. The highest BCUT2D eigenvalue weighted by Gasteiger charge is 2.43. The minimum absolute atomic E-state index is 0.0321. The molecule has 2 aliphatic heterocycles. The number of hydrogen-bond acceptors (Lipinski definition) is 7. The van der Waals surface area contributed by atoms with Crippen molar-refractivity contribution in [1.82, 2.24) is 20.9 Å². The topological polar surface area (TPSA) is 143 Å². The standard InChI is InChI=1S/C30H50N4O7/c1-19(2)15-20-16-24-26(36)32-22(25(35)27(37)31-21-12-13-21)11-9-7-6-8-10-14-40-18-23(28(38)34(24)17-20)33-29(39)41-30(3,4)5/h19-24H,6-18H2,1-5H3,(H,31,37)(H,32,36)(H,33,39)/t20-,22+,23+,24+/m1/s1. The third-order valence-electron chi connectivity index (χ3n) is 7.60. The van der Waals surface area contributed by atoms with Crippen molar-refractivity contribution in [2.75, 3.05) is 19.8 Å². The van der Waals surface area contributed by atoms with Crippen LogP contribution < -0.4 is 16.0 Å². The van der Waals surface area contributed by atoms with Crippen molar-refractivity contribution in [3.8, 4) is 0 Å². The van der Waals surface area contributed by atoms with Crippen LogP contribution in [0, 0.1) is 11.8 Å². The molecule has 232 valence electrons. The fraction of sp³-hybridized carbons (Fsp3) is 0.833. The lowest BCUT2D eigenvalue weighted by Gasteiger charge is -2.30. The Morgan fingerprint density at radius 3 is 2.37 bits per heavy atom. The molecule has 0 unspecified atom stereocenters. The molecule has 0 radical (unpaired) electrons. The SMILES string of the molecule is CC(C)C[C@@H]1C[C@H]2C(=O)N[C@H](C(=O)C(=O)NC3CC3)CCCCCCCOC[C@H](NC(=O)OC(C)(C)C)C(=O)N2C1. The van der Waals surface area contributed by atoms with Gasteiger partial charge in [-0.25, -0.2) is 4.79 Å². The molecule has 0 aromatic rings. The van der Waals surface area contributed by atoms with E-state index in [0.29, 0.717) is 38.3 Å². The smallest absolute Gasteiger partial charge is 0.408 e. The highest BCUT2D eigenvalue weighted by atomic mass is 16.6. The molecule has 2 saturated heterocycles. The second kappa shape index (κ2) is 15.0. The first kappa shape index (κ1) is 32.8. The Balaban J connectivity index is 1.84. The minimum Gasteiger partial charge on any atom is -0.444 e. The van der Waals surface area contributed by atoms with Crippen LogP contribution in [-0.4, -0.2) is 84.0 Å². The van der Waals surface area contributed by atoms with Gasteiger partial charge in [0.05, 0.1) is 12.6 Å². The van der Waals surface area contributed by atoms with E-state index in [0.717, 1.165) is 44.9 Å². The molecule has 4 amide bonds. The maximum absolute atomic E-state index is 13.9. The van der Waals surface area contributed by atoms with Gasteiger partial charge >= 0.3 is 6.09 Å². The maximum Gasteiger partial charge on any atom is 0.408 e. The van der Waals surface area contributed by atoms with Crippen molar-refractivity contribution in [3.05, 3.63) is 0 Å². The molecule has 3 fully saturated rings. The van der Waals surface area contributed by atoms with Gasteiger partial charge in [-0.3, -0.25) is 19.2 Å². The summed E-state index contributed by atoms with van der Waals surface area (Å²) in [5.41, 5.74) is -0.752. The van der Waals surface area contributed by atoms with Crippen molar-refractivity contribution < 1.29 is 33.4 Å². The molecule has 3 aliphatic rings. The van der Waals surface area contributed by atoms with E-state index in [2.05, 4.69) is 29.8 Å². The number of amides is 4. The molecule has 11 heteroatoms. The third-order valence-corrected chi connectivity index (χ3v) is 7.60. The molecule has 1 aliphatic carbocycles. The fourth-order valence-electron chi connectivity index (χ4n) is 5.54. The molecule has 0 spiro atoms. The summed E-state index contributed by atoms with van der Waals surface area (Å²) in [7, 11) is 0. The number of alkyl carbamates (subject to hydrolysis) is 1. The van der Waals surface area contributed by atoms with Gasteiger partial charge in [-0.15, -0.1) is 0 Å². The Hall–Kier alpha value is -2.69. The van der Waals surface area contributed by atoms with E-state index in [1.165, 1.54) is 4.90 Å². The molecule has 0 aromatic heterocycles. The summed E-state index contributed by atoms with van der Waals surface area (Å²) in [4.78, 5) is 67.5. The molecular weight excluding hydrogens is 528 g/mol. The van der Waals surface area contributed by atoms with Crippen LogP contribution in [0.5, 0.6) is 0 Å². The normalized spacial score (nSPS) is 27.1. The van der Waals surface area contributed by atoms with Crippen molar-refractivity contribution in [3.63, 3.8) is 0 Å². The van der Waals surface area contributed by atoms with Crippen molar-refractivity contribution in [2.24, 2.45) is 11.8 Å². The van der Waals surface area contributed by atoms with Gasteiger partial charge in [-0.1, -0.05) is 39.5 Å². The van der Waals surface area contributed by atoms with Gasteiger partial charge in [0.1, 0.15) is 17.7 Å². The second-order valence-corrected chi connectivity index (χ2v) is 13.2. The summed E-state index contributed by atoms with van der Waals surface area (Å²) in [5.74, 6) is -1.75. The summed E-state index contributed by atoms with van der Waals surface area (Å²) >= 11 is 0. The number of carbonyl (C=O) groups is 5. The fourth-order valence-corrected chi connectivity index (χ4v) is 5.54. The average molecular weight is 579 g/mol. The van der Waals surface area contributed by atoms with Crippen LogP contribution in [0.15, 0.2) is 0 Å². The first-order valence-electron chi connectivity index (χ1n) is 15.4. The number of Topliss-reactive ketones (excluding diaryl/α,β-unsaturated/α-hetero) is 1. The Bertz CT molecular complexity index is 944. The number of fused-ring (bicyclic) bond motifs is 1. The van der Waals surface area contributed by atoms with Crippen LogP contribution in [0.2, 0.25) is 0 Å². The predicted octanol–water partition coefficient (Wildman–Crippen LogP) is 2.85. The van der Waals surface area contributed by atoms with Gasteiger partial charge in [0.15, 0.2) is 0 Å².